The largest absolute Gasteiger partial charge is 1.00 e. The fourth-order valence-corrected chi connectivity index (χ4v) is 7.76. The van der Waals surface area contributed by atoms with E-state index in [4.69, 9.17) is 4.74 Å². The highest BCUT2D eigenvalue weighted by atomic mass is 79.9. The van der Waals surface area contributed by atoms with E-state index in [0.717, 1.165) is 6.16 Å². The lowest BCUT2D eigenvalue weighted by Crippen LogP contribution is -3.00. The van der Waals surface area contributed by atoms with Crippen LogP contribution >= 0.6 is 7.26 Å². The van der Waals surface area contributed by atoms with E-state index < -0.39 is 7.26 Å². The van der Waals surface area contributed by atoms with Crippen LogP contribution < -0.4 is 32.9 Å². The summed E-state index contributed by atoms with van der Waals surface area (Å²) in [5.41, 5.74) is 0. The normalized spacial score (nSPS) is 12.2. The molecule has 3 heteroatoms. The van der Waals surface area contributed by atoms with Crippen molar-refractivity contribution in [3.8, 4) is 0 Å². The zero-order chi connectivity index (χ0) is 16.8. The molecule has 0 saturated heterocycles. The fourth-order valence-electron chi connectivity index (χ4n) is 3.27. The lowest BCUT2D eigenvalue weighted by molar-refractivity contribution is -0.00000592. The molecule has 0 saturated carbocycles. The third-order valence-electron chi connectivity index (χ3n) is 4.52. The fraction of sp³-hybridized carbons (Fsp3) is 0.182. The highest BCUT2D eigenvalue weighted by molar-refractivity contribution is 7.95. The summed E-state index contributed by atoms with van der Waals surface area (Å²) < 4.78 is 5.70. The summed E-state index contributed by atoms with van der Waals surface area (Å²) >= 11 is 0. The molecule has 3 aromatic rings. The van der Waals surface area contributed by atoms with Crippen LogP contribution in [0.15, 0.2) is 91.0 Å². The van der Waals surface area contributed by atoms with Crippen LogP contribution in [0.2, 0.25) is 0 Å². The number of halogens is 1. The van der Waals surface area contributed by atoms with Crippen LogP contribution in [0.5, 0.6) is 0 Å². The van der Waals surface area contributed by atoms with Crippen LogP contribution in [-0.2, 0) is 4.74 Å². The summed E-state index contributed by atoms with van der Waals surface area (Å²) in [6.45, 7) is 2.17. The second-order valence-electron chi connectivity index (χ2n) is 6.05. The molecule has 1 atom stereocenters. The van der Waals surface area contributed by atoms with Crippen molar-refractivity contribution in [3.05, 3.63) is 91.0 Å². The second-order valence-corrected chi connectivity index (χ2v) is 9.58. The Kier molecular flexibility index (Phi) is 7.38. The van der Waals surface area contributed by atoms with E-state index in [0.29, 0.717) is 0 Å². The van der Waals surface area contributed by atoms with Crippen molar-refractivity contribution in [2.24, 2.45) is 0 Å². The van der Waals surface area contributed by atoms with Gasteiger partial charge in [0.15, 0.2) is 0 Å². The molecule has 25 heavy (non-hydrogen) atoms. The van der Waals surface area contributed by atoms with Gasteiger partial charge in [-0.1, -0.05) is 54.6 Å². The van der Waals surface area contributed by atoms with Crippen molar-refractivity contribution in [3.63, 3.8) is 0 Å². The average molecular weight is 415 g/mol. The molecule has 0 amide bonds. The van der Waals surface area contributed by atoms with Gasteiger partial charge in [-0.2, -0.15) is 0 Å². The number of benzene rings is 3. The van der Waals surface area contributed by atoms with Gasteiger partial charge in [-0.25, -0.2) is 0 Å². The summed E-state index contributed by atoms with van der Waals surface area (Å²) in [6.07, 6.45) is 1.20. The first kappa shape index (κ1) is 19.8. The van der Waals surface area contributed by atoms with E-state index in [-0.39, 0.29) is 23.1 Å². The topological polar surface area (TPSA) is 9.23 Å². The molecular formula is C22H24BrOP. The highest BCUT2D eigenvalue weighted by Gasteiger charge is 2.46. The van der Waals surface area contributed by atoms with Gasteiger partial charge in [0.25, 0.3) is 0 Å². The van der Waals surface area contributed by atoms with Crippen molar-refractivity contribution in [2.75, 3.05) is 13.3 Å². The predicted molar refractivity (Wildman–Crippen MR) is 106 cm³/mol. The Labute approximate surface area is 162 Å². The van der Waals surface area contributed by atoms with Gasteiger partial charge in [0.05, 0.1) is 12.3 Å². The third kappa shape index (κ3) is 4.20. The molecule has 0 heterocycles. The lowest BCUT2D eigenvalue weighted by atomic mass is 10.3. The molecule has 1 nitrogen and oxygen atoms in total. The predicted octanol–water partition coefficient (Wildman–Crippen LogP) is 1.02. The maximum absolute atomic E-state index is 5.70. The van der Waals surface area contributed by atoms with E-state index in [9.17, 15) is 0 Å². The molecule has 130 valence electrons. The summed E-state index contributed by atoms with van der Waals surface area (Å²) in [5.74, 6) is 0. The quantitative estimate of drug-likeness (QED) is 0.547. The molecule has 0 aliphatic rings. The summed E-state index contributed by atoms with van der Waals surface area (Å²) in [4.78, 5) is 0. The Balaban J connectivity index is 0.00000225. The van der Waals surface area contributed by atoms with Crippen molar-refractivity contribution in [2.45, 2.75) is 13.0 Å². The highest BCUT2D eigenvalue weighted by Crippen LogP contribution is 2.55. The molecular weight excluding hydrogens is 391 g/mol. The summed E-state index contributed by atoms with van der Waals surface area (Å²) in [6, 6.07) is 32.8. The minimum atomic E-state index is -1.75. The zero-order valence-corrected chi connectivity index (χ0v) is 17.2. The molecule has 0 bridgehead atoms. The third-order valence-corrected chi connectivity index (χ3v) is 9.13. The minimum Gasteiger partial charge on any atom is -1.00 e. The molecule has 0 fully saturated rings. The number of hydrogen-bond acceptors (Lipinski definition) is 1. The molecule has 0 radical (unpaired) electrons. The first-order valence-corrected chi connectivity index (χ1v) is 10.3. The zero-order valence-electron chi connectivity index (χ0n) is 14.7. The summed E-state index contributed by atoms with van der Waals surface area (Å²) in [7, 11) is 0.0550. The molecule has 0 aliphatic carbocycles. The Morgan fingerprint density at radius 3 is 1.28 bits per heavy atom. The lowest BCUT2D eigenvalue weighted by Gasteiger charge is -2.29. The van der Waals surface area contributed by atoms with Crippen LogP contribution in [-0.4, -0.2) is 19.4 Å². The van der Waals surface area contributed by atoms with Crippen LogP contribution in [0, 0.1) is 0 Å². The van der Waals surface area contributed by atoms with E-state index in [1.807, 2.05) is 0 Å². The van der Waals surface area contributed by atoms with Gasteiger partial charge in [-0.3, -0.25) is 0 Å². The maximum atomic E-state index is 5.70. The van der Waals surface area contributed by atoms with Crippen molar-refractivity contribution >= 4 is 23.2 Å². The molecule has 0 aromatic heterocycles. The van der Waals surface area contributed by atoms with Crippen molar-refractivity contribution in [1.29, 1.82) is 0 Å². The van der Waals surface area contributed by atoms with E-state index in [1.54, 1.807) is 7.11 Å². The molecule has 1 unspecified atom stereocenters. The van der Waals surface area contributed by atoms with Crippen LogP contribution in [0.1, 0.15) is 6.92 Å². The van der Waals surface area contributed by atoms with Gasteiger partial charge in [0, 0.05) is 7.11 Å². The standard InChI is InChI=1S/C22H24OP.BrH/c1-19(23-2)18-24(20-12-6-3-7-13-20,21-14-8-4-9-15-21)22-16-10-5-11-17-22;/h3-17,19H,18H2,1-2H3;1H/q+1;/p-1. The minimum absolute atomic E-state index is 0. The molecule has 0 aliphatic heterocycles. The first-order valence-electron chi connectivity index (χ1n) is 8.35. The van der Waals surface area contributed by atoms with Gasteiger partial charge in [0.1, 0.15) is 23.2 Å². The van der Waals surface area contributed by atoms with Crippen LogP contribution in [0.25, 0.3) is 0 Å². The molecule has 3 aromatic carbocycles. The van der Waals surface area contributed by atoms with E-state index in [1.165, 1.54) is 15.9 Å². The molecule has 0 spiro atoms. The van der Waals surface area contributed by atoms with Gasteiger partial charge in [-0.05, 0) is 43.3 Å². The number of rotatable bonds is 6. The summed E-state index contributed by atoms with van der Waals surface area (Å²) in [5, 5.41) is 4.23. The van der Waals surface area contributed by atoms with Crippen molar-refractivity contribution in [1.82, 2.24) is 0 Å². The Bertz CT molecular complexity index is 650. The number of ether oxygens (including phenoxy) is 1. The van der Waals surface area contributed by atoms with Gasteiger partial charge in [-0.15, -0.1) is 0 Å². The molecule has 3 rings (SSSR count). The first-order chi connectivity index (χ1) is 11.8. The monoisotopic (exact) mass is 414 g/mol. The second kappa shape index (κ2) is 9.29. The van der Waals surface area contributed by atoms with Crippen molar-refractivity contribution < 1.29 is 21.7 Å². The number of hydrogen-bond donors (Lipinski definition) is 0. The SMILES string of the molecule is COC(C)C[P+](c1ccccc1)(c1ccccc1)c1ccccc1.[Br-]. The Hall–Kier alpha value is -1.47. The van der Waals surface area contributed by atoms with Gasteiger partial charge < -0.3 is 21.7 Å². The van der Waals surface area contributed by atoms with E-state index in [2.05, 4.69) is 97.9 Å². The van der Waals surface area contributed by atoms with Crippen LogP contribution in [0.3, 0.4) is 0 Å². The molecule has 0 N–H and O–H groups in total. The smallest absolute Gasteiger partial charge is 0.114 e. The maximum Gasteiger partial charge on any atom is 0.114 e. The average Bonchev–Trinajstić information content (AvgIpc) is 2.68. The van der Waals surface area contributed by atoms with E-state index >= 15 is 0 Å². The Morgan fingerprint density at radius 1 is 0.680 bits per heavy atom. The van der Waals surface area contributed by atoms with Gasteiger partial charge >= 0.3 is 0 Å². The van der Waals surface area contributed by atoms with Crippen LogP contribution in [0.4, 0.5) is 0 Å². The number of methoxy groups -OCH3 is 1. The van der Waals surface area contributed by atoms with Gasteiger partial charge in [0.2, 0.25) is 0 Å². The Morgan fingerprint density at radius 2 is 1.00 bits per heavy atom.